The minimum atomic E-state index is 0.00802. The SMILES string of the molecule is CCCn1nc(-c2ccc(C)cc2)cc(CNCC)c1=O. The van der Waals surface area contributed by atoms with E-state index < -0.39 is 0 Å². The largest absolute Gasteiger partial charge is 0.313 e. The van der Waals surface area contributed by atoms with E-state index in [1.807, 2.05) is 13.0 Å². The zero-order valence-electron chi connectivity index (χ0n) is 13.0. The minimum Gasteiger partial charge on any atom is -0.313 e. The Morgan fingerprint density at radius 2 is 1.90 bits per heavy atom. The van der Waals surface area contributed by atoms with Gasteiger partial charge in [0.1, 0.15) is 0 Å². The van der Waals surface area contributed by atoms with E-state index in [9.17, 15) is 4.79 Å². The molecule has 2 aromatic rings. The molecule has 0 atom stereocenters. The highest BCUT2D eigenvalue weighted by atomic mass is 16.1. The van der Waals surface area contributed by atoms with Gasteiger partial charge in [-0.1, -0.05) is 43.7 Å². The monoisotopic (exact) mass is 285 g/mol. The number of nitrogens with one attached hydrogen (secondary N) is 1. The van der Waals surface area contributed by atoms with Crippen LogP contribution in [0.15, 0.2) is 35.1 Å². The Kier molecular flexibility index (Phi) is 5.28. The van der Waals surface area contributed by atoms with Gasteiger partial charge >= 0.3 is 0 Å². The molecule has 0 amide bonds. The van der Waals surface area contributed by atoms with Crippen molar-refractivity contribution in [2.45, 2.75) is 40.3 Å². The quantitative estimate of drug-likeness (QED) is 0.887. The standard InChI is InChI=1S/C17H23N3O/c1-4-10-20-17(21)15(12-18-5-2)11-16(19-20)14-8-6-13(3)7-9-14/h6-9,11,18H,4-5,10,12H2,1-3H3. The molecule has 0 spiro atoms. The van der Waals surface area contributed by atoms with Crippen LogP contribution in [-0.2, 0) is 13.1 Å². The first-order valence-electron chi connectivity index (χ1n) is 7.54. The third-order valence-corrected chi connectivity index (χ3v) is 3.40. The number of nitrogens with zero attached hydrogens (tertiary/aromatic N) is 2. The lowest BCUT2D eigenvalue weighted by Crippen LogP contribution is -2.29. The highest BCUT2D eigenvalue weighted by molar-refractivity contribution is 5.59. The molecule has 0 aliphatic heterocycles. The number of hydrogen-bond acceptors (Lipinski definition) is 3. The molecule has 0 saturated carbocycles. The Morgan fingerprint density at radius 1 is 1.19 bits per heavy atom. The molecular weight excluding hydrogens is 262 g/mol. The molecular formula is C17H23N3O. The summed E-state index contributed by atoms with van der Waals surface area (Å²) in [5.74, 6) is 0. The molecule has 0 bridgehead atoms. The highest BCUT2D eigenvalue weighted by Gasteiger charge is 2.09. The lowest BCUT2D eigenvalue weighted by molar-refractivity contribution is 0.559. The number of benzene rings is 1. The van der Waals surface area contributed by atoms with Crippen LogP contribution in [0.3, 0.4) is 0 Å². The van der Waals surface area contributed by atoms with Crippen LogP contribution in [0.1, 0.15) is 31.4 Å². The average Bonchev–Trinajstić information content (AvgIpc) is 2.49. The number of hydrogen-bond donors (Lipinski definition) is 1. The molecule has 4 heteroatoms. The Bertz CT molecular complexity index is 644. The van der Waals surface area contributed by atoms with Gasteiger partial charge in [-0.15, -0.1) is 0 Å². The summed E-state index contributed by atoms with van der Waals surface area (Å²) in [6.45, 7) is 8.22. The second-order valence-corrected chi connectivity index (χ2v) is 5.23. The summed E-state index contributed by atoms with van der Waals surface area (Å²) in [7, 11) is 0. The molecule has 0 saturated heterocycles. The molecule has 1 aromatic heterocycles. The predicted molar refractivity (Wildman–Crippen MR) is 86.3 cm³/mol. The van der Waals surface area contributed by atoms with Crippen LogP contribution in [0.25, 0.3) is 11.3 Å². The van der Waals surface area contributed by atoms with Gasteiger partial charge < -0.3 is 5.32 Å². The molecule has 0 aliphatic carbocycles. The highest BCUT2D eigenvalue weighted by Crippen LogP contribution is 2.17. The summed E-state index contributed by atoms with van der Waals surface area (Å²) in [5.41, 5.74) is 3.90. The second kappa shape index (κ2) is 7.18. The van der Waals surface area contributed by atoms with Crippen molar-refractivity contribution in [3.8, 4) is 11.3 Å². The zero-order valence-corrected chi connectivity index (χ0v) is 13.0. The molecule has 0 fully saturated rings. The molecule has 1 heterocycles. The number of aromatic nitrogens is 2. The maximum atomic E-state index is 12.4. The summed E-state index contributed by atoms with van der Waals surface area (Å²) in [4.78, 5) is 12.4. The third-order valence-electron chi connectivity index (χ3n) is 3.40. The first-order chi connectivity index (χ1) is 10.2. The van der Waals surface area contributed by atoms with E-state index in [0.717, 1.165) is 29.8 Å². The minimum absolute atomic E-state index is 0.00802. The van der Waals surface area contributed by atoms with Crippen LogP contribution < -0.4 is 10.9 Å². The Hall–Kier alpha value is -1.94. The molecule has 2 rings (SSSR count). The summed E-state index contributed by atoms with van der Waals surface area (Å²) < 4.78 is 1.59. The first kappa shape index (κ1) is 15.4. The van der Waals surface area contributed by atoms with E-state index in [2.05, 4.69) is 48.5 Å². The Labute approximate surface area is 125 Å². The molecule has 112 valence electrons. The van der Waals surface area contributed by atoms with Crippen molar-refractivity contribution in [2.75, 3.05) is 6.54 Å². The smallest absolute Gasteiger partial charge is 0.271 e. The van der Waals surface area contributed by atoms with E-state index >= 15 is 0 Å². The maximum Gasteiger partial charge on any atom is 0.271 e. The van der Waals surface area contributed by atoms with Crippen molar-refractivity contribution < 1.29 is 0 Å². The van der Waals surface area contributed by atoms with Crippen LogP contribution in [-0.4, -0.2) is 16.3 Å². The van der Waals surface area contributed by atoms with E-state index in [1.165, 1.54) is 5.56 Å². The third kappa shape index (κ3) is 3.79. The van der Waals surface area contributed by atoms with E-state index in [-0.39, 0.29) is 5.56 Å². The summed E-state index contributed by atoms with van der Waals surface area (Å²) in [6.07, 6.45) is 0.894. The average molecular weight is 285 g/mol. The van der Waals surface area contributed by atoms with E-state index in [4.69, 9.17) is 0 Å². The van der Waals surface area contributed by atoms with Crippen LogP contribution in [0, 0.1) is 6.92 Å². The van der Waals surface area contributed by atoms with E-state index in [0.29, 0.717) is 13.1 Å². The molecule has 4 nitrogen and oxygen atoms in total. The summed E-state index contributed by atoms with van der Waals surface area (Å²) in [5, 5.41) is 7.73. The normalized spacial score (nSPS) is 10.8. The van der Waals surface area contributed by atoms with Gasteiger partial charge in [-0.3, -0.25) is 4.79 Å². The topological polar surface area (TPSA) is 46.9 Å². The van der Waals surface area contributed by atoms with Crippen LogP contribution in [0.5, 0.6) is 0 Å². The Balaban J connectivity index is 2.47. The van der Waals surface area contributed by atoms with Gasteiger partial charge in [0.05, 0.1) is 5.69 Å². The van der Waals surface area contributed by atoms with Crippen LogP contribution >= 0.6 is 0 Å². The van der Waals surface area contributed by atoms with Crippen molar-refractivity contribution >= 4 is 0 Å². The van der Waals surface area contributed by atoms with Crippen LogP contribution in [0.4, 0.5) is 0 Å². The molecule has 0 aliphatic rings. The first-order valence-corrected chi connectivity index (χ1v) is 7.54. The second-order valence-electron chi connectivity index (χ2n) is 5.23. The fourth-order valence-electron chi connectivity index (χ4n) is 2.21. The lowest BCUT2D eigenvalue weighted by Gasteiger charge is -2.10. The fraction of sp³-hybridized carbons (Fsp3) is 0.412. The van der Waals surface area contributed by atoms with Gasteiger partial charge in [-0.25, -0.2) is 4.68 Å². The van der Waals surface area contributed by atoms with Crippen LogP contribution in [0.2, 0.25) is 0 Å². The van der Waals surface area contributed by atoms with Crippen molar-refractivity contribution in [3.63, 3.8) is 0 Å². The van der Waals surface area contributed by atoms with Gasteiger partial charge in [-0.2, -0.15) is 5.10 Å². The Morgan fingerprint density at radius 3 is 2.52 bits per heavy atom. The molecule has 21 heavy (non-hydrogen) atoms. The number of aryl methyl sites for hydroxylation is 2. The fourth-order valence-corrected chi connectivity index (χ4v) is 2.21. The van der Waals surface area contributed by atoms with Gasteiger partial charge in [0, 0.05) is 24.2 Å². The van der Waals surface area contributed by atoms with Gasteiger partial charge in [0.2, 0.25) is 0 Å². The molecule has 1 aromatic carbocycles. The zero-order chi connectivity index (χ0) is 15.2. The summed E-state index contributed by atoms with van der Waals surface area (Å²) >= 11 is 0. The van der Waals surface area contributed by atoms with Crippen molar-refractivity contribution in [1.29, 1.82) is 0 Å². The molecule has 0 radical (unpaired) electrons. The van der Waals surface area contributed by atoms with Crippen molar-refractivity contribution in [1.82, 2.24) is 15.1 Å². The maximum absolute atomic E-state index is 12.4. The molecule has 1 N–H and O–H groups in total. The van der Waals surface area contributed by atoms with Crippen molar-refractivity contribution in [3.05, 3.63) is 51.8 Å². The van der Waals surface area contributed by atoms with Gasteiger partial charge in [-0.05, 0) is 26.0 Å². The van der Waals surface area contributed by atoms with Gasteiger partial charge in [0.25, 0.3) is 5.56 Å². The van der Waals surface area contributed by atoms with Crippen molar-refractivity contribution in [2.24, 2.45) is 0 Å². The number of rotatable bonds is 6. The van der Waals surface area contributed by atoms with Gasteiger partial charge in [0.15, 0.2) is 0 Å². The lowest BCUT2D eigenvalue weighted by atomic mass is 10.1. The summed E-state index contributed by atoms with van der Waals surface area (Å²) in [6, 6.07) is 10.1. The predicted octanol–water partition coefficient (Wildman–Crippen LogP) is 2.74. The molecule has 0 unspecified atom stereocenters. The van der Waals surface area contributed by atoms with E-state index in [1.54, 1.807) is 4.68 Å².